The summed E-state index contributed by atoms with van der Waals surface area (Å²) in [6.45, 7) is 8.27. The molecule has 0 spiro atoms. The van der Waals surface area contributed by atoms with Gasteiger partial charge in [0.1, 0.15) is 11.6 Å². The van der Waals surface area contributed by atoms with Crippen molar-refractivity contribution in [2.24, 2.45) is 10.9 Å². The Morgan fingerprint density at radius 2 is 2.06 bits per heavy atom. The summed E-state index contributed by atoms with van der Waals surface area (Å²) in [7, 11) is 1.67. The standard InChI is InChI=1S/C25H28N2O4/c1-16(2)21(18-6-5-7-20(12-18)29-4)14-26-17(3)27-24(28)25(10-11-25)19-8-9-22-23(13-19)31-15-30-22/h5,7-9,12-14,18H,3,6,10-11,15H2,1-2,4H3,(H,27,28)/b26-14-. The van der Waals surface area contributed by atoms with E-state index in [9.17, 15) is 4.79 Å². The van der Waals surface area contributed by atoms with Crippen molar-refractivity contribution in [2.75, 3.05) is 13.9 Å². The lowest BCUT2D eigenvalue weighted by Gasteiger charge is -2.19. The Balaban J connectivity index is 1.44. The number of nitrogens with one attached hydrogen (secondary N) is 1. The second kappa shape index (κ2) is 8.46. The fourth-order valence-corrected chi connectivity index (χ4v) is 4.00. The van der Waals surface area contributed by atoms with Crippen LogP contribution in [-0.2, 0) is 14.9 Å². The first-order valence-corrected chi connectivity index (χ1v) is 10.5. The van der Waals surface area contributed by atoms with Crippen LogP contribution in [0.4, 0.5) is 0 Å². The monoisotopic (exact) mass is 420 g/mol. The summed E-state index contributed by atoms with van der Waals surface area (Å²) in [5.41, 5.74) is 2.63. The van der Waals surface area contributed by atoms with E-state index in [1.165, 1.54) is 0 Å². The van der Waals surface area contributed by atoms with Crippen LogP contribution in [0.3, 0.4) is 0 Å². The molecular weight excluding hydrogens is 392 g/mol. The molecule has 162 valence electrons. The number of ether oxygens (including phenoxy) is 3. The van der Waals surface area contributed by atoms with Crippen LogP contribution in [0, 0.1) is 5.92 Å². The maximum Gasteiger partial charge on any atom is 0.236 e. The van der Waals surface area contributed by atoms with Crippen molar-refractivity contribution in [2.45, 2.75) is 38.5 Å². The zero-order valence-electron chi connectivity index (χ0n) is 18.2. The summed E-state index contributed by atoms with van der Waals surface area (Å²) in [6.07, 6.45) is 10.4. The molecule has 0 saturated heterocycles. The average Bonchev–Trinajstić information content (AvgIpc) is 3.44. The number of benzene rings is 1. The summed E-state index contributed by atoms with van der Waals surface area (Å²) in [6, 6.07) is 5.70. The van der Waals surface area contributed by atoms with Crippen molar-refractivity contribution in [3.8, 4) is 11.5 Å². The van der Waals surface area contributed by atoms with Gasteiger partial charge in [-0.05, 0) is 68.5 Å². The molecule has 1 aromatic rings. The molecule has 6 heteroatoms. The average molecular weight is 421 g/mol. The van der Waals surface area contributed by atoms with Crippen molar-refractivity contribution in [3.63, 3.8) is 0 Å². The van der Waals surface area contributed by atoms with E-state index in [-0.39, 0.29) is 18.6 Å². The Morgan fingerprint density at radius 1 is 1.29 bits per heavy atom. The predicted octanol–water partition coefficient (Wildman–Crippen LogP) is 4.55. The van der Waals surface area contributed by atoms with Gasteiger partial charge in [-0.25, -0.2) is 4.99 Å². The molecule has 1 aliphatic heterocycles. The lowest BCUT2D eigenvalue weighted by atomic mass is 9.89. The van der Waals surface area contributed by atoms with Crippen molar-refractivity contribution < 1.29 is 19.0 Å². The second-order valence-electron chi connectivity index (χ2n) is 8.28. The molecule has 2 aliphatic carbocycles. The van der Waals surface area contributed by atoms with E-state index < -0.39 is 5.41 Å². The highest BCUT2D eigenvalue weighted by Crippen LogP contribution is 2.50. The molecule has 1 saturated carbocycles. The largest absolute Gasteiger partial charge is 0.497 e. The first kappa shape index (κ1) is 21.0. The zero-order valence-corrected chi connectivity index (χ0v) is 18.2. The third-order valence-electron chi connectivity index (χ3n) is 5.98. The van der Waals surface area contributed by atoms with Crippen LogP contribution < -0.4 is 14.8 Å². The van der Waals surface area contributed by atoms with Gasteiger partial charge in [0.15, 0.2) is 11.5 Å². The fourth-order valence-electron chi connectivity index (χ4n) is 4.00. The molecule has 3 aliphatic rings. The minimum atomic E-state index is -0.553. The van der Waals surface area contributed by atoms with Gasteiger partial charge in [0.25, 0.3) is 0 Å². The molecule has 1 amide bonds. The van der Waals surface area contributed by atoms with Crippen LogP contribution in [-0.4, -0.2) is 26.0 Å². The zero-order chi connectivity index (χ0) is 22.0. The normalized spacial score (nSPS) is 20.2. The minimum absolute atomic E-state index is 0.0885. The number of aliphatic imine (C=N–C) groups is 1. The Bertz CT molecular complexity index is 1020. The van der Waals surface area contributed by atoms with Crippen molar-refractivity contribution in [1.29, 1.82) is 0 Å². The summed E-state index contributed by atoms with van der Waals surface area (Å²) in [4.78, 5) is 17.5. The van der Waals surface area contributed by atoms with Crippen LogP contribution in [0.2, 0.25) is 0 Å². The summed E-state index contributed by atoms with van der Waals surface area (Å²) in [5.74, 6) is 2.67. The van der Waals surface area contributed by atoms with E-state index in [0.717, 1.165) is 41.7 Å². The molecular formula is C25H28N2O4. The number of methoxy groups -OCH3 is 1. The highest BCUT2D eigenvalue weighted by molar-refractivity contribution is 5.93. The van der Waals surface area contributed by atoms with Gasteiger partial charge in [0.05, 0.1) is 12.5 Å². The van der Waals surface area contributed by atoms with Crippen LogP contribution in [0.5, 0.6) is 11.5 Å². The topological polar surface area (TPSA) is 69.2 Å². The molecule has 0 aromatic heterocycles. The quantitative estimate of drug-likeness (QED) is 0.657. The summed E-state index contributed by atoms with van der Waals surface area (Å²) < 4.78 is 16.2. The Kier molecular flexibility index (Phi) is 5.72. The minimum Gasteiger partial charge on any atom is -0.497 e. The number of allylic oxidation sites excluding steroid dienone is 5. The lowest BCUT2D eigenvalue weighted by Crippen LogP contribution is -2.33. The summed E-state index contributed by atoms with van der Waals surface area (Å²) >= 11 is 0. The van der Waals surface area contributed by atoms with Crippen molar-refractivity contribution in [1.82, 2.24) is 5.32 Å². The van der Waals surface area contributed by atoms with E-state index in [1.807, 2.05) is 24.3 Å². The van der Waals surface area contributed by atoms with E-state index in [1.54, 1.807) is 13.3 Å². The predicted molar refractivity (Wildman–Crippen MR) is 120 cm³/mol. The first-order chi connectivity index (χ1) is 14.9. The number of rotatable bonds is 7. The number of amides is 1. The highest BCUT2D eigenvalue weighted by Gasteiger charge is 2.51. The Labute approximate surface area is 183 Å². The van der Waals surface area contributed by atoms with Gasteiger partial charge in [0.2, 0.25) is 12.7 Å². The van der Waals surface area contributed by atoms with E-state index in [0.29, 0.717) is 17.3 Å². The van der Waals surface area contributed by atoms with Gasteiger partial charge in [-0.2, -0.15) is 0 Å². The number of fused-ring (bicyclic) bond motifs is 1. The molecule has 0 radical (unpaired) electrons. The molecule has 1 unspecified atom stereocenters. The van der Waals surface area contributed by atoms with Crippen molar-refractivity contribution >= 4 is 12.1 Å². The van der Waals surface area contributed by atoms with Crippen LogP contribution in [0.1, 0.15) is 38.7 Å². The molecule has 1 aromatic carbocycles. The number of nitrogens with zero attached hydrogens (tertiary/aromatic N) is 1. The van der Waals surface area contributed by atoms with Gasteiger partial charge in [0, 0.05) is 12.1 Å². The molecule has 1 fully saturated rings. The number of carbonyl (C=O) groups excluding carboxylic acids is 1. The van der Waals surface area contributed by atoms with Crippen LogP contribution in [0.25, 0.3) is 0 Å². The van der Waals surface area contributed by atoms with E-state index >= 15 is 0 Å². The SMILES string of the molecule is C=C(/N=C\C(=C(C)C)C1C=C(OC)C=CC1)NC(=O)C1(c2ccc3c(c2)OCO3)CC1. The van der Waals surface area contributed by atoms with E-state index in [2.05, 4.69) is 42.9 Å². The Morgan fingerprint density at radius 3 is 2.77 bits per heavy atom. The lowest BCUT2D eigenvalue weighted by molar-refractivity contribution is -0.122. The molecule has 4 rings (SSSR count). The van der Waals surface area contributed by atoms with Gasteiger partial charge in [-0.15, -0.1) is 0 Å². The second-order valence-corrected chi connectivity index (χ2v) is 8.28. The maximum atomic E-state index is 13.0. The molecule has 31 heavy (non-hydrogen) atoms. The number of carbonyl (C=O) groups is 1. The van der Waals surface area contributed by atoms with E-state index in [4.69, 9.17) is 14.2 Å². The molecule has 0 bridgehead atoms. The van der Waals surface area contributed by atoms with Crippen LogP contribution >= 0.6 is 0 Å². The highest BCUT2D eigenvalue weighted by atomic mass is 16.7. The van der Waals surface area contributed by atoms with Crippen molar-refractivity contribution in [3.05, 3.63) is 71.3 Å². The Hall–Kier alpha value is -3.28. The van der Waals surface area contributed by atoms with Gasteiger partial charge in [-0.1, -0.05) is 24.3 Å². The molecule has 1 N–H and O–H groups in total. The number of hydrogen-bond acceptors (Lipinski definition) is 5. The smallest absolute Gasteiger partial charge is 0.236 e. The third kappa shape index (κ3) is 4.29. The fraction of sp³-hybridized carbons (Fsp3) is 0.360. The first-order valence-electron chi connectivity index (χ1n) is 10.5. The van der Waals surface area contributed by atoms with Gasteiger partial charge < -0.3 is 19.5 Å². The van der Waals surface area contributed by atoms with Gasteiger partial charge in [-0.3, -0.25) is 4.79 Å². The van der Waals surface area contributed by atoms with Crippen LogP contribution in [0.15, 0.2) is 70.7 Å². The molecule has 1 heterocycles. The molecule has 1 atom stereocenters. The summed E-state index contributed by atoms with van der Waals surface area (Å²) in [5, 5.41) is 2.89. The molecule has 6 nitrogen and oxygen atoms in total. The third-order valence-corrected chi connectivity index (χ3v) is 5.98. The maximum absolute atomic E-state index is 13.0. The van der Waals surface area contributed by atoms with Gasteiger partial charge >= 0.3 is 0 Å². The number of hydrogen-bond donors (Lipinski definition) is 1.